The summed E-state index contributed by atoms with van der Waals surface area (Å²) in [5, 5.41) is 0. The molecule has 20 heavy (non-hydrogen) atoms. The van der Waals surface area contributed by atoms with Gasteiger partial charge in [-0.2, -0.15) is 0 Å². The zero-order valence-electron chi connectivity index (χ0n) is 12.2. The van der Waals surface area contributed by atoms with E-state index in [0.717, 1.165) is 6.42 Å². The third kappa shape index (κ3) is 2.20. The molecular formula is C18H22N2. The van der Waals surface area contributed by atoms with E-state index in [1.165, 1.54) is 28.9 Å². The summed E-state index contributed by atoms with van der Waals surface area (Å²) >= 11 is 0. The molecule has 0 spiro atoms. The summed E-state index contributed by atoms with van der Waals surface area (Å²) in [7, 11) is 0. The minimum atomic E-state index is 0.0486. The fourth-order valence-corrected chi connectivity index (χ4v) is 3.15. The second kappa shape index (κ2) is 5.29. The second-order valence-electron chi connectivity index (χ2n) is 5.73. The Labute approximate surface area is 121 Å². The zero-order chi connectivity index (χ0) is 14.1. The van der Waals surface area contributed by atoms with Gasteiger partial charge in [-0.15, -0.1) is 0 Å². The Kier molecular flexibility index (Phi) is 3.49. The van der Waals surface area contributed by atoms with Crippen LogP contribution in [0, 0.1) is 0 Å². The summed E-state index contributed by atoms with van der Waals surface area (Å²) in [4.78, 5) is 2.46. The highest BCUT2D eigenvalue weighted by molar-refractivity contribution is 5.71. The maximum absolute atomic E-state index is 6.16. The van der Waals surface area contributed by atoms with Crippen molar-refractivity contribution in [3.05, 3.63) is 59.7 Å². The molecule has 2 heteroatoms. The molecule has 2 aromatic rings. The average Bonchev–Trinajstić information content (AvgIpc) is 2.47. The fraction of sp³-hybridized carbons (Fsp3) is 0.333. The number of anilines is 2. The average molecular weight is 266 g/mol. The van der Waals surface area contributed by atoms with Crippen LogP contribution in [-0.2, 0) is 6.42 Å². The number of nitrogens with two attached hydrogens (primary N) is 1. The molecule has 0 fully saturated rings. The highest BCUT2D eigenvalue weighted by atomic mass is 15.2. The van der Waals surface area contributed by atoms with Crippen LogP contribution in [0.2, 0.25) is 0 Å². The first-order valence-corrected chi connectivity index (χ1v) is 7.40. The van der Waals surface area contributed by atoms with Crippen LogP contribution in [-0.4, -0.2) is 6.04 Å². The summed E-state index contributed by atoms with van der Waals surface area (Å²) in [6, 6.07) is 17.8. The Morgan fingerprint density at radius 2 is 1.70 bits per heavy atom. The van der Waals surface area contributed by atoms with Crippen molar-refractivity contribution in [1.29, 1.82) is 0 Å². The number of para-hydroxylation sites is 2. The summed E-state index contributed by atoms with van der Waals surface area (Å²) in [5.74, 6) is 0. The summed E-state index contributed by atoms with van der Waals surface area (Å²) in [6.45, 7) is 4.35. The van der Waals surface area contributed by atoms with E-state index < -0.39 is 0 Å². The smallest absolute Gasteiger partial charge is 0.0461 e. The molecule has 0 bridgehead atoms. The van der Waals surface area contributed by atoms with E-state index in [1.807, 2.05) is 0 Å². The molecule has 0 saturated carbocycles. The van der Waals surface area contributed by atoms with Gasteiger partial charge in [-0.1, -0.05) is 36.4 Å². The lowest BCUT2D eigenvalue weighted by Crippen LogP contribution is -2.34. The van der Waals surface area contributed by atoms with Gasteiger partial charge < -0.3 is 10.6 Å². The number of nitrogens with zero attached hydrogens (tertiary/aromatic N) is 1. The summed E-state index contributed by atoms with van der Waals surface area (Å²) in [5.41, 5.74) is 11.4. The van der Waals surface area contributed by atoms with Crippen LogP contribution < -0.4 is 10.6 Å². The topological polar surface area (TPSA) is 29.3 Å². The molecule has 1 aliphatic rings. The normalized spacial score (nSPS) is 19.6. The molecule has 1 aliphatic heterocycles. The second-order valence-corrected chi connectivity index (χ2v) is 5.73. The SMILES string of the molecule is CC1CCc2ccccc2N1c1ccccc1[C@H](C)N. The van der Waals surface area contributed by atoms with Gasteiger partial charge in [0.15, 0.2) is 0 Å². The molecule has 2 aromatic carbocycles. The number of hydrogen-bond donors (Lipinski definition) is 1. The predicted molar refractivity (Wildman–Crippen MR) is 85.4 cm³/mol. The van der Waals surface area contributed by atoms with E-state index in [1.54, 1.807) is 0 Å². The maximum atomic E-state index is 6.16. The molecule has 0 saturated heterocycles. The van der Waals surface area contributed by atoms with Crippen LogP contribution in [0.3, 0.4) is 0 Å². The van der Waals surface area contributed by atoms with E-state index in [4.69, 9.17) is 5.73 Å². The van der Waals surface area contributed by atoms with Crippen molar-refractivity contribution >= 4 is 11.4 Å². The predicted octanol–water partition coefficient (Wildman–Crippen LogP) is 4.18. The third-order valence-corrected chi connectivity index (χ3v) is 4.21. The number of benzene rings is 2. The van der Waals surface area contributed by atoms with Crippen molar-refractivity contribution in [3.8, 4) is 0 Å². The van der Waals surface area contributed by atoms with Crippen molar-refractivity contribution in [2.75, 3.05) is 4.90 Å². The first kappa shape index (κ1) is 13.2. The van der Waals surface area contributed by atoms with Crippen molar-refractivity contribution in [3.63, 3.8) is 0 Å². The van der Waals surface area contributed by atoms with Crippen LogP contribution in [0.4, 0.5) is 11.4 Å². The Morgan fingerprint density at radius 3 is 2.45 bits per heavy atom. The Hall–Kier alpha value is -1.80. The van der Waals surface area contributed by atoms with Crippen molar-refractivity contribution < 1.29 is 0 Å². The Balaban J connectivity index is 2.14. The minimum Gasteiger partial charge on any atom is -0.338 e. The molecule has 1 unspecified atom stereocenters. The van der Waals surface area contributed by atoms with E-state index >= 15 is 0 Å². The Bertz CT molecular complexity index is 604. The molecule has 2 nitrogen and oxygen atoms in total. The molecule has 2 N–H and O–H groups in total. The molecule has 0 amide bonds. The van der Waals surface area contributed by atoms with Crippen LogP contribution in [0.5, 0.6) is 0 Å². The summed E-state index contributed by atoms with van der Waals surface area (Å²) in [6.07, 6.45) is 2.35. The molecule has 0 aliphatic carbocycles. The monoisotopic (exact) mass is 266 g/mol. The lowest BCUT2D eigenvalue weighted by atomic mass is 9.94. The van der Waals surface area contributed by atoms with Gasteiger partial charge in [0.1, 0.15) is 0 Å². The van der Waals surface area contributed by atoms with Gasteiger partial charge >= 0.3 is 0 Å². The molecule has 0 radical (unpaired) electrons. The molecule has 1 heterocycles. The lowest BCUT2D eigenvalue weighted by Gasteiger charge is -2.38. The Morgan fingerprint density at radius 1 is 1.05 bits per heavy atom. The van der Waals surface area contributed by atoms with Crippen molar-refractivity contribution in [2.45, 2.75) is 38.8 Å². The minimum absolute atomic E-state index is 0.0486. The first-order chi connectivity index (χ1) is 9.68. The van der Waals surface area contributed by atoms with Gasteiger partial charge in [-0.3, -0.25) is 0 Å². The van der Waals surface area contributed by atoms with Crippen LogP contribution >= 0.6 is 0 Å². The van der Waals surface area contributed by atoms with Gasteiger partial charge in [0.05, 0.1) is 0 Å². The standard InChI is InChI=1S/C18H22N2/c1-13-11-12-15-7-3-5-9-17(15)20(13)18-10-6-4-8-16(18)14(2)19/h3-10,13-14H,11-12,19H2,1-2H3/t13?,14-/m0/s1. The lowest BCUT2D eigenvalue weighted by molar-refractivity contribution is 0.614. The van der Waals surface area contributed by atoms with Crippen LogP contribution in [0.25, 0.3) is 0 Å². The van der Waals surface area contributed by atoms with Gasteiger partial charge in [-0.05, 0) is 49.9 Å². The number of hydrogen-bond acceptors (Lipinski definition) is 2. The molecule has 2 atom stereocenters. The molecule has 104 valence electrons. The highest BCUT2D eigenvalue weighted by Gasteiger charge is 2.25. The largest absolute Gasteiger partial charge is 0.338 e. The van der Waals surface area contributed by atoms with Crippen molar-refractivity contribution in [1.82, 2.24) is 0 Å². The number of rotatable bonds is 2. The van der Waals surface area contributed by atoms with Crippen LogP contribution in [0.1, 0.15) is 37.4 Å². The van der Waals surface area contributed by atoms with Gasteiger partial charge in [0.25, 0.3) is 0 Å². The quantitative estimate of drug-likeness (QED) is 0.883. The van der Waals surface area contributed by atoms with E-state index in [-0.39, 0.29) is 6.04 Å². The van der Waals surface area contributed by atoms with E-state index in [2.05, 4.69) is 67.3 Å². The molecule has 3 rings (SSSR count). The zero-order valence-corrected chi connectivity index (χ0v) is 12.2. The third-order valence-electron chi connectivity index (χ3n) is 4.21. The fourth-order valence-electron chi connectivity index (χ4n) is 3.15. The van der Waals surface area contributed by atoms with Gasteiger partial charge in [0, 0.05) is 23.5 Å². The maximum Gasteiger partial charge on any atom is 0.0461 e. The first-order valence-electron chi connectivity index (χ1n) is 7.40. The van der Waals surface area contributed by atoms with E-state index in [0.29, 0.717) is 6.04 Å². The summed E-state index contributed by atoms with van der Waals surface area (Å²) < 4.78 is 0. The van der Waals surface area contributed by atoms with Gasteiger partial charge in [-0.25, -0.2) is 0 Å². The number of fused-ring (bicyclic) bond motifs is 1. The van der Waals surface area contributed by atoms with E-state index in [9.17, 15) is 0 Å². The molecular weight excluding hydrogens is 244 g/mol. The molecule has 0 aromatic heterocycles. The highest BCUT2D eigenvalue weighted by Crippen LogP contribution is 2.39. The number of aryl methyl sites for hydroxylation is 1. The van der Waals surface area contributed by atoms with Crippen LogP contribution in [0.15, 0.2) is 48.5 Å². The van der Waals surface area contributed by atoms with Gasteiger partial charge in [0.2, 0.25) is 0 Å². The van der Waals surface area contributed by atoms with Crippen molar-refractivity contribution in [2.24, 2.45) is 5.73 Å².